The SMILES string of the molecule is O=C(Cc1ccccc1)N[C@@H]1C(=O)N2C(C(=O)O)C(CO)=CS[C@@H]12. The number of hydrogen-bond acceptors (Lipinski definition) is 5. The van der Waals surface area contributed by atoms with Crippen molar-refractivity contribution in [3.63, 3.8) is 0 Å². The second-order valence-corrected chi connectivity index (χ2v) is 6.56. The first kappa shape index (κ1) is 16.5. The molecule has 7 nitrogen and oxygen atoms in total. The van der Waals surface area contributed by atoms with Gasteiger partial charge in [0.05, 0.1) is 13.0 Å². The van der Waals surface area contributed by atoms with Gasteiger partial charge >= 0.3 is 5.97 Å². The van der Waals surface area contributed by atoms with E-state index in [0.717, 1.165) is 5.56 Å². The first-order valence-electron chi connectivity index (χ1n) is 7.36. The first-order valence-corrected chi connectivity index (χ1v) is 8.30. The number of carbonyl (C=O) groups excluding carboxylic acids is 2. The lowest BCUT2D eigenvalue weighted by molar-refractivity contribution is -0.160. The Balaban J connectivity index is 1.68. The molecule has 0 aliphatic carbocycles. The lowest BCUT2D eigenvalue weighted by Crippen LogP contribution is -2.74. The molecule has 3 atom stereocenters. The number of amides is 2. The molecular formula is C16H16N2O5S. The summed E-state index contributed by atoms with van der Waals surface area (Å²) in [5.74, 6) is -1.92. The van der Waals surface area contributed by atoms with Gasteiger partial charge in [-0.15, -0.1) is 11.8 Å². The van der Waals surface area contributed by atoms with E-state index in [-0.39, 0.29) is 17.9 Å². The Morgan fingerprint density at radius 3 is 2.58 bits per heavy atom. The summed E-state index contributed by atoms with van der Waals surface area (Å²) in [6, 6.07) is 7.23. The van der Waals surface area contributed by atoms with E-state index in [9.17, 15) is 24.6 Å². The topological polar surface area (TPSA) is 107 Å². The fraction of sp³-hybridized carbons (Fsp3) is 0.312. The predicted octanol–water partition coefficient (Wildman–Crippen LogP) is -0.0416. The van der Waals surface area contributed by atoms with Gasteiger partial charge in [0.1, 0.15) is 11.4 Å². The number of aliphatic hydroxyl groups is 1. The number of aliphatic carboxylic acids is 1. The first-order chi connectivity index (χ1) is 11.5. The minimum absolute atomic E-state index is 0.155. The van der Waals surface area contributed by atoms with Gasteiger partial charge in [-0.2, -0.15) is 0 Å². The third-order valence-corrected chi connectivity index (χ3v) is 5.23. The van der Waals surface area contributed by atoms with Crippen LogP contribution in [0, 0.1) is 0 Å². The maximum Gasteiger partial charge on any atom is 0.330 e. The molecule has 126 valence electrons. The van der Waals surface area contributed by atoms with Crippen LogP contribution in [0.1, 0.15) is 5.56 Å². The Kier molecular flexibility index (Phi) is 4.59. The number of aliphatic hydroxyl groups excluding tert-OH is 1. The molecule has 2 amide bonds. The van der Waals surface area contributed by atoms with Gasteiger partial charge in [0, 0.05) is 0 Å². The summed E-state index contributed by atoms with van der Waals surface area (Å²) < 4.78 is 0. The number of fused-ring (bicyclic) bond motifs is 1. The van der Waals surface area contributed by atoms with Crippen molar-refractivity contribution in [1.82, 2.24) is 10.2 Å². The Labute approximate surface area is 142 Å². The maximum atomic E-state index is 12.3. The molecule has 0 saturated carbocycles. The maximum absolute atomic E-state index is 12.3. The number of nitrogens with zero attached hydrogens (tertiary/aromatic N) is 1. The number of thioether (sulfide) groups is 1. The highest BCUT2D eigenvalue weighted by atomic mass is 32.2. The molecule has 8 heteroatoms. The quantitative estimate of drug-likeness (QED) is 0.645. The molecular weight excluding hydrogens is 332 g/mol. The number of carbonyl (C=O) groups is 3. The van der Waals surface area contributed by atoms with Crippen molar-refractivity contribution >= 4 is 29.5 Å². The van der Waals surface area contributed by atoms with Crippen molar-refractivity contribution in [2.45, 2.75) is 23.9 Å². The Hall–Kier alpha value is -2.32. The van der Waals surface area contributed by atoms with Gasteiger partial charge in [0.15, 0.2) is 6.04 Å². The van der Waals surface area contributed by atoms with Crippen LogP contribution in [0.25, 0.3) is 0 Å². The summed E-state index contributed by atoms with van der Waals surface area (Å²) in [4.78, 5) is 37.0. The minimum atomic E-state index is -1.19. The number of benzene rings is 1. The van der Waals surface area contributed by atoms with Crippen LogP contribution in [0.3, 0.4) is 0 Å². The molecule has 1 unspecified atom stereocenters. The fourth-order valence-electron chi connectivity index (χ4n) is 2.85. The molecule has 3 N–H and O–H groups in total. The lowest BCUT2D eigenvalue weighted by atomic mass is 9.98. The number of carboxylic acid groups (broad SMARTS) is 1. The molecule has 0 aromatic heterocycles. The van der Waals surface area contributed by atoms with Crippen LogP contribution in [0.15, 0.2) is 41.3 Å². The van der Waals surface area contributed by atoms with E-state index in [1.165, 1.54) is 16.7 Å². The highest BCUT2D eigenvalue weighted by molar-refractivity contribution is 8.02. The van der Waals surface area contributed by atoms with E-state index in [4.69, 9.17) is 0 Å². The average molecular weight is 348 g/mol. The summed E-state index contributed by atoms with van der Waals surface area (Å²) >= 11 is 1.23. The van der Waals surface area contributed by atoms with Crippen LogP contribution in [0.2, 0.25) is 0 Å². The number of hydrogen-bond donors (Lipinski definition) is 3. The molecule has 24 heavy (non-hydrogen) atoms. The molecule has 2 heterocycles. The molecule has 0 spiro atoms. The van der Waals surface area contributed by atoms with E-state index < -0.39 is 35.9 Å². The van der Waals surface area contributed by atoms with Crippen molar-refractivity contribution in [1.29, 1.82) is 0 Å². The van der Waals surface area contributed by atoms with Crippen LogP contribution < -0.4 is 5.32 Å². The van der Waals surface area contributed by atoms with E-state index in [2.05, 4.69) is 5.32 Å². The van der Waals surface area contributed by atoms with Crippen molar-refractivity contribution in [3.05, 3.63) is 46.9 Å². The summed E-state index contributed by atoms with van der Waals surface area (Å²) in [5.41, 5.74) is 1.10. The smallest absolute Gasteiger partial charge is 0.330 e. The van der Waals surface area contributed by atoms with Gasteiger partial charge in [-0.3, -0.25) is 9.59 Å². The Morgan fingerprint density at radius 1 is 1.25 bits per heavy atom. The van der Waals surface area contributed by atoms with Gasteiger partial charge in [0.25, 0.3) is 0 Å². The highest BCUT2D eigenvalue weighted by Crippen LogP contribution is 2.39. The number of nitrogens with one attached hydrogen (secondary N) is 1. The molecule has 1 saturated heterocycles. The third kappa shape index (κ3) is 2.90. The molecule has 2 aliphatic rings. The van der Waals surface area contributed by atoms with Crippen LogP contribution in [-0.2, 0) is 20.8 Å². The van der Waals surface area contributed by atoms with Gasteiger partial charge in [-0.25, -0.2) is 4.79 Å². The summed E-state index contributed by atoms with van der Waals surface area (Å²) in [6.45, 7) is -0.425. The molecule has 2 aliphatic heterocycles. The predicted molar refractivity (Wildman–Crippen MR) is 86.9 cm³/mol. The fourth-order valence-corrected chi connectivity index (χ4v) is 4.06. The standard InChI is InChI=1S/C16H16N2O5S/c19-7-10-8-24-15-12(14(21)18(15)13(10)16(22)23)17-11(20)6-9-4-2-1-3-5-9/h1-5,8,12-13,15,19H,6-7H2,(H,17,20)(H,22,23)/t12-,13?,15+/m1/s1. The van der Waals surface area contributed by atoms with E-state index >= 15 is 0 Å². The van der Waals surface area contributed by atoms with Gasteiger partial charge < -0.3 is 20.4 Å². The second kappa shape index (κ2) is 6.66. The molecule has 1 aromatic carbocycles. The lowest BCUT2D eigenvalue weighted by Gasteiger charge is -2.51. The molecule has 0 bridgehead atoms. The normalized spacial score (nSPS) is 25.4. The van der Waals surface area contributed by atoms with Gasteiger partial charge in [-0.1, -0.05) is 30.3 Å². The minimum Gasteiger partial charge on any atom is -0.479 e. The second-order valence-electron chi connectivity index (χ2n) is 5.57. The largest absolute Gasteiger partial charge is 0.479 e. The molecule has 1 fully saturated rings. The van der Waals surface area contributed by atoms with Gasteiger partial charge in [0.2, 0.25) is 11.8 Å². The molecule has 3 rings (SSSR count). The number of β-lactam (4-membered cyclic amide) rings is 1. The molecule has 0 radical (unpaired) electrons. The van der Waals surface area contributed by atoms with Crippen LogP contribution in [0.4, 0.5) is 0 Å². The van der Waals surface area contributed by atoms with Crippen molar-refractivity contribution < 1.29 is 24.6 Å². The van der Waals surface area contributed by atoms with Crippen LogP contribution in [-0.4, -0.2) is 57.0 Å². The van der Waals surface area contributed by atoms with Crippen molar-refractivity contribution in [3.8, 4) is 0 Å². The van der Waals surface area contributed by atoms with Crippen LogP contribution in [0.5, 0.6) is 0 Å². The zero-order valence-corrected chi connectivity index (χ0v) is 13.4. The van der Waals surface area contributed by atoms with Gasteiger partial charge in [-0.05, 0) is 16.5 Å². The zero-order chi connectivity index (χ0) is 17.3. The van der Waals surface area contributed by atoms with E-state index in [0.29, 0.717) is 0 Å². The Bertz CT molecular complexity index is 706. The summed E-state index contributed by atoms with van der Waals surface area (Å²) in [7, 11) is 0. The Morgan fingerprint density at radius 2 is 1.96 bits per heavy atom. The zero-order valence-electron chi connectivity index (χ0n) is 12.6. The summed E-state index contributed by atoms with van der Waals surface area (Å²) in [5, 5.41) is 22.3. The summed E-state index contributed by atoms with van der Waals surface area (Å²) in [6.07, 6.45) is 0.155. The van der Waals surface area contributed by atoms with E-state index in [1.54, 1.807) is 5.41 Å². The molecule has 1 aromatic rings. The van der Waals surface area contributed by atoms with Crippen molar-refractivity contribution in [2.75, 3.05) is 6.61 Å². The monoisotopic (exact) mass is 348 g/mol. The third-order valence-electron chi connectivity index (χ3n) is 4.01. The highest BCUT2D eigenvalue weighted by Gasteiger charge is 2.55. The average Bonchev–Trinajstić information content (AvgIpc) is 2.58. The van der Waals surface area contributed by atoms with Crippen LogP contribution >= 0.6 is 11.8 Å². The van der Waals surface area contributed by atoms with Crippen molar-refractivity contribution in [2.24, 2.45) is 0 Å². The number of carboxylic acids is 1. The van der Waals surface area contributed by atoms with E-state index in [1.807, 2.05) is 30.3 Å². The number of rotatable bonds is 5.